The number of benzene rings is 1. The molecule has 0 unspecified atom stereocenters. The minimum absolute atomic E-state index is 0.200. The number of phenols is 1. The maximum atomic E-state index is 11.5. The summed E-state index contributed by atoms with van der Waals surface area (Å²) in [7, 11) is 0. The number of halogens is 1. The number of phenolic OH excluding ortho intramolecular Hbond substituents is 1. The van der Waals surface area contributed by atoms with E-state index in [1.807, 2.05) is 20.8 Å². The Hall–Kier alpha value is -1.03. The number of aryl methyl sites for hydroxylation is 1. The van der Waals surface area contributed by atoms with Crippen molar-refractivity contribution < 1.29 is 14.6 Å². The van der Waals surface area contributed by atoms with Gasteiger partial charge in [0, 0.05) is 6.42 Å². The van der Waals surface area contributed by atoms with Gasteiger partial charge in [-0.1, -0.05) is 6.07 Å². The number of carbonyl (C=O) groups is 1. The van der Waals surface area contributed by atoms with Crippen molar-refractivity contribution in [3.63, 3.8) is 0 Å². The molecule has 0 saturated carbocycles. The third-order valence-electron chi connectivity index (χ3n) is 2.05. The van der Waals surface area contributed by atoms with Crippen molar-refractivity contribution >= 4 is 21.9 Å². The van der Waals surface area contributed by atoms with E-state index in [4.69, 9.17) is 4.74 Å². The largest absolute Gasteiger partial charge is 0.507 e. The zero-order valence-electron chi connectivity index (χ0n) is 10.3. The van der Waals surface area contributed by atoms with Gasteiger partial charge in [0.2, 0.25) is 0 Å². The van der Waals surface area contributed by atoms with E-state index in [9.17, 15) is 9.90 Å². The molecule has 0 aliphatic heterocycles. The molecule has 1 aromatic rings. The van der Waals surface area contributed by atoms with Gasteiger partial charge < -0.3 is 9.84 Å². The normalized spacial score (nSPS) is 11.3. The zero-order chi connectivity index (χ0) is 13.1. The fourth-order valence-corrected chi connectivity index (χ4v) is 1.77. The maximum Gasteiger partial charge on any atom is 0.306 e. The van der Waals surface area contributed by atoms with Crippen LogP contribution < -0.4 is 0 Å². The van der Waals surface area contributed by atoms with Crippen LogP contribution in [-0.2, 0) is 16.0 Å². The summed E-state index contributed by atoms with van der Waals surface area (Å²) in [6.45, 7) is 5.55. The highest BCUT2D eigenvalue weighted by molar-refractivity contribution is 9.10. The topological polar surface area (TPSA) is 46.5 Å². The van der Waals surface area contributed by atoms with E-state index in [-0.39, 0.29) is 11.7 Å². The number of ether oxygens (including phenoxy) is 1. The summed E-state index contributed by atoms with van der Waals surface area (Å²) in [6.07, 6.45) is 0.947. The van der Waals surface area contributed by atoms with Crippen molar-refractivity contribution in [1.82, 2.24) is 0 Å². The van der Waals surface area contributed by atoms with Crippen molar-refractivity contribution in [2.45, 2.75) is 39.2 Å². The molecule has 0 amide bonds. The Morgan fingerprint density at radius 3 is 2.59 bits per heavy atom. The lowest BCUT2D eigenvalue weighted by atomic mass is 10.1. The van der Waals surface area contributed by atoms with E-state index in [0.29, 0.717) is 17.3 Å². The second kappa shape index (κ2) is 5.54. The van der Waals surface area contributed by atoms with Gasteiger partial charge >= 0.3 is 5.97 Å². The van der Waals surface area contributed by atoms with Crippen molar-refractivity contribution in [3.05, 3.63) is 28.2 Å². The smallest absolute Gasteiger partial charge is 0.306 e. The van der Waals surface area contributed by atoms with Crippen LogP contribution in [0.15, 0.2) is 22.7 Å². The highest BCUT2D eigenvalue weighted by atomic mass is 79.9. The van der Waals surface area contributed by atoms with Crippen LogP contribution in [0.2, 0.25) is 0 Å². The van der Waals surface area contributed by atoms with E-state index >= 15 is 0 Å². The maximum absolute atomic E-state index is 11.5. The molecule has 1 N–H and O–H groups in total. The average molecular weight is 301 g/mol. The Kier molecular flexibility index (Phi) is 4.57. The number of hydrogen-bond acceptors (Lipinski definition) is 3. The van der Waals surface area contributed by atoms with E-state index in [0.717, 1.165) is 5.56 Å². The number of aromatic hydroxyl groups is 1. The van der Waals surface area contributed by atoms with Crippen molar-refractivity contribution in [1.29, 1.82) is 0 Å². The molecule has 0 fully saturated rings. The minimum atomic E-state index is -0.438. The SMILES string of the molecule is CC(C)(C)OC(=O)CCc1ccc(O)c(Br)c1. The molecule has 0 radical (unpaired) electrons. The van der Waals surface area contributed by atoms with Crippen LogP contribution in [0.5, 0.6) is 5.75 Å². The van der Waals surface area contributed by atoms with Crippen LogP contribution in [0.25, 0.3) is 0 Å². The van der Waals surface area contributed by atoms with Crippen LogP contribution in [0, 0.1) is 0 Å². The molecule has 0 aliphatic rings. The molecule has 0 saturated heterocycles. The van der Waals surface area contributed by atoms with Crippen LogP contribution >= 0.6 is 15.9 Å². The first kappa shape index (κ1) is 14.0. The quantitative estimate of drug-likeness (QED) is 0.870. The van der Waals surface area contributed by atoms with Gasteiger partial charge in [0.15, 0.2) is 0 Å². The summed E-state index contributed by atoms with van der Waals surface area (Å²) in [6, 6.07) is 5.21. The summed E-state index contributed by atoms with van der Waals surface area (Å²) in [5.41, 5.74) is 0.549. The minimum Gasteiger partial charge on any atom is -0.507 e. The molecule has 0 aliphatic carbocycles. The van der Waals surface area contributed by atoms with Crippen molar-refractivity contribution in [2.75, 3.05) is 0 Å². The second-order valence-corrected chi connectivity index (χ2v) is 5.73. The third-order valence-corrected chi connectivity index (χ3v) is 2.69. The first-order chi connectivity index (χ1) is 7.78. The van der Waals surface area contributed by atoms with Crippen LogP contribution in [0.3, 0.4) is 0 Å². The van der Waals surface area contributed by atoms with E-state index in [1.54, 1.807) is 18.2 Å². The van der Waals surface area contributed by atoms with E-state index in [2.05, 4.69) is 15.9 Å². The number of esters is 1. The number of hydrogen-bond donors (Lipinski definition) is 1. The average Bonchev–Trinajstić information content (AvgIpc) is 2.17. The van der Waals surface area contributed by atoms with Gasteiger partial charge in [-0.3, -0.25) is 4.79 Å². The van der Waals surface area contributed by atoms with Gasteiger partial charge in [0.1, 0.15) is 11.4 Å². The summed E-state index contributed by atoms with van der Waals surface area (Å²) in [5.74, 6) is -0.00674. The predicted molar refractivity (Wildman–Crippen MR) is 70.0 cm³/mol. The molecule has 0 spiro atoms. The van der Waals surface area contributed by atoms with E-state index in [1.165, 1.54) is 0 Å². The zero-order valence-corrected chi connectivity index (χ0v) is 11.9. The monoisotopic (exact) mass is 300 g/mol. The lowest BCUT2D eigenvalue weighted by Gasteiger charge is -2.19. The Morgan fingerprint density at radius 2 is 2.06 bits per heavy atom. The molecule has 0 atom stereocenters. The molecular formula is C13H17BrO3. The molecule has 1 rings (SSSR count). The Morgan fingerprint density at radius 1 is 1.41 bits per heavy atom. The fraction of sp³-hybridized carbons (Fsp3) is 0.462. The van der Waals surface area contributed by atoms with Gasteiger partial charge in [-0.25, -0.2) is 0 Å². The van der Waals surface area contributed by atoms with Gasteiger partial charge in [-0.2, -0.15) is 0 Å². The second-order valence-electron chi connectivity index (χ2n) is 4.87. The Balaban J connectivity index is 2.50. The summed E-state index contributed by atoms with van der Waals surface area (Å²) >= 11 is 3.24. The molecule has 0 bridgehead atoms. The summed E-state index contributed by atoms with van der Waals surface area (Å²) in [5, 5.41) is 9.34. The Bertz CT molecular complexity index is 408. The first-order valence-electron chi connectivity index (χ1n) is 5.47. The highest BCUT2D eigenvalue weighted by Gasteiger charge is 2.15. The van der Waals surface area contributed by atoms with Crippen molar-refractivity contribution in [2.24, 2.45) is 0 Å². The van der Waals surface area contributed by atoms with E-state index < -0.39 is 5.60 Å². The molecular weight excluding hydrogens is 284 g/mol. The third kappa shape index (κ3) is 5.22. The van der Waals surface area contributed by atoms with Crippen LogP contribution in [0.4, 0.5) is 0 Å². The van der Waals surface area contributed by atoms with Gasteiger partial charge in [0.05, 0.1) is 4.47 Å². The molecule has 94 valence electrons. The summed E-state index contributed by atoms with van der Waals surface area (Å²) < 4.78 is 5.85. The van der Waals surface area contributed by atoms with Gasteiger partial charge in [-0.15, -0.1) is 0 Å². The number of rotatable bonds is 3. The number of carbonyl (C=O) groups excluding carboxylic acids is 1. The molecule has 0 heterocycles. The lowest BCUT2D eigenvalue weighted by Crippen LogP contribution is -2.23. The standard InChI is InChI=1S/C13H17BrO3/c1-13(2,3)17-12(16)7-5-9-4-6-11(15)10(14)8-9/h4,6,8,15H,5,7H2,1-3H3. The molecule has 1 aromatic carbocycles. The highest BCUT2D eigenvalue weighted by Crippen LogP contribution is 2.24. The van der Waals surface area contributed by atoms with Gasteiger partial charge in [-0.05, 0) is 60.8 Å². The first-order valence-corrected chi connectivity index (χ1v) is 6.26. The van der Waals surface area contributed by atoms with Crippen LogP contribution in [0.1, 0.15) is 32.8 Å². The lowest BCUT2D eigenvalue weighted by molar-refractivity contribution is -0.154. The fourth-order valence-electron chi connectivity index (χ4n) is 1.34. The van der Waals surface area contributed by atoms with Crippen LogP contribution in [-0.4, -0.2) is 16.7 Å². The summed E-state index contributed by atoms with van der Waals surface area (Å²) in [4.78, 5) is 11.5. The van der Waals surface area contributed by atoms with Gasteiger partial charge in [0.25, 0.3) is 0 Å². The molecule has 0 aromatic heterocycles. The molecule has 17 heavy (non-hydrogen) atoms. The van der Waals surface area contributed by atoms with Crippen molar-refractivity contribution in [3.8, 4) is 5.75 Å². The molecule has 3 nitrogen and oxygen atoms in total. The predicted octanol–water partition coefficient (Wildman–Crippen LogP) is 3.43. The molecule has 4 heteroatoms. The Labute approximate surface area is 110 Å².